The van der Waals surface area contributed by atoms with Crippen LogP contribution < -0.4 is 5.32 Å². The highest BCUT2D eigenvalue weighted by Crippen LogP contribution is 2.29. The van der Waals surface area contributed by atoms with Gasteiger partial charge in [-0.2, -0.15) is 0 Å². The second-order valence-corrected chi connectivity index (χ2v) is 8.00. The van der Waals surface area contributed by atoms with Crippen molar-refractivity contribution in [2.75, 3.05) is 13.1 Å². The Kier molecular flexibility index (Phi) is 5.30. The fraction of sp³-hybridized carbons (Fsp3) is 0.273. The lowest BCUT2D eigenvalue weighted by Crippen LogP contribution is -2.46. The Morgan fingerprint density at radius 3 is 2.54 bits per heavy atom. The van der Waals surface area contributed by atoms with Gasteiger partial charge in [-0.05, 0) is 42.8 Å². The first-order valence-electron chi connectivity index (χ1n) is 9.38. The number of thiophene rings is 1. The van der Waals surface area contributed by atoms with E-state index in [1.165, 1.54) is 29.4 Å². The average molecular weight is 394 g/mol. The van der Waals surface area contributed by atoms with Crippen LogP contribution in [0.15, 0.2) is 58.7 Å². The van der Waals surface area contributed by atoms with Crippen molar-refractivity contribution in [3.05, 3.63) is 70.3 Å². The van der Waals surface area contributed by atoms with Crippen LogP contribution in [0.5, 0.6) is 0 Å². The van der Waals surface area contributed by atoms with Crippen molar-refractivity contribution in [3.8, 4) is 11.1 Å². The molecular formula is C22H22N2O3S. The van der Waals surface area contributed by atoms with Crippen LogP contribution in [0, 0.1) is 6.92 Å². The van der Waals surface area contributed by atoms with Gasteiger partial charge >= 0.3 is 0 Å². The number of nitrogens with zero attached hydrogens (tertiary/aromatic N) is 1. The molecule has 0 unspecified atom stereocenters. The van der Waals surface area contributed by atoms with Gasteiger partial charge in [-0.1, -0.05) is 29.8 Å². The highest BCUT2D eigenvalue weighted by atomic mass is 32.1. The summed E-state index contributed by atoms with van der Waals surface area (Å²) >= 11 is 1.46. The smallest absolute Gasteiger partial charge is 0.262 e. The highest BCUT2D eigenvalue weighted by molar-refractivity contribution is 7.12. The molecule has 1 aliphatic heterocycles. The number of benzene rings is 1. The van der Waals surface area contributed by atoms with Crippen LogP contribution in [0.2, 0.25) is 0 Å². The molecule has 2 amide bonds. The minimum Gasteiger partial charge on any atom is -0.472 e. The number of amides is 2. The number of hydrogen-bond donors (Lipinski definition) is 1. The molecule has 1 fully saturated rings. The van der Waals surface area contributed by atoms with Crippen LogP contribution >= 0.6 is 11.3 Å². The molecule has 1 aliphatic rings. The number of aryl methyl sites for hydroxylation is 1. The summed E-state index contributed by atoms with van der Waals surface area (Å²) in [6, 6.07) is 12.0. The Morgan fingerprint density at radius 1 is 1.11 bits per heavy atom. The molecule has 0 radical (unpaired) electrons. The number of likely N-dealkylation sites (tertiary alicyclic amines) is 1. The van der Waals surface area contributed by atoms with Crippen molar-refractivity contribution in [3.63, 3.8) is 0 Å². The summed E-state index contributed by atoms with van der Waals surface area (Å²) < 4.78 is 4.99. The number of piperidine rings is 1. The second-order valence-electron chi connectivity index (χ2n) is 7.08. The molecule has 144 valence electrons. The number of carbonyl (C=O) groups excluding carboxylic acids is 2. The lowest BCUT2D eigenvalue weighted by molar-refractivity contribution is 0.0698. The Balaban J connectivity index is 1.37. The van der Waals surface area contributed by atoms with Gasteiger partial charge in [0.15, 0.2) is 0 Å². The van der Waals surface area contributed by atoms with Gasteiger partial charge in [0.1, 0.15) is 6.26 Å². The molecule has 4 rings (SSSR count). The first kappa shape index (κ1) is 18.5. The Bertz CT molecular complexity index is 952. The fourth-order valence-electron chi connectivity index (χ4n) is 3.49. The Hall–Kier alpha value is -2.86. The third kappa shape index (κ3) is 3.87. The van der Waals surface area contributed by atoms with Crippen molar-refractivity contribution < 1.29 is 14.0 Å². The van der Waals surface area contributed by atoms with Gasteiger partial charge in [-0.3, -0.25) is 9.59 Å². The first-order chi connectivity index (χ1) is 13.6. The van der Waals surface area contributed by atoms with Crippen LogP contribution in [0.4, 0.5) is 0 Å². The molecule has 28 heavy (non-hydrogen) atoms. The quantitative estimate of drug-likeness (QED) is 0.715. The molecule has 1 saturated heterocycles. The molecule has 3 heterocycles. The van der Waals surface area contributed by atoms with Crippen molar-refractivity contribution in [2.45, 2.75) is 25.8 Å². The van der Waals surface area contributed by atoms with E-state index in [0.717, 1.165) is 28.8 Å². The van der Waals surface area contributed by atoms with E-state index in [2.05, 4.69) is 24.4 Å². The first-order valence-corrected chi connectivity index (χ1v) is 10.3. The molecule has 0 aliphatic carbocycles. The predicted molar refractivity (Wildman–Crippen MR) is 110 cm³/mol. The molecule has 1 aromatic carbocycles. The van der Waals surface area contributed by atoms with Crippen molar-refractivity contribution >= 4 is 23.2 Å². The Labute approximate surface area is 168 Å². The molecule has 0 saturated carbocycles. The van der Waals surface area contributed by atoms with E-state index in [-0.39, 0.29) is 17.9 Å². The third-order valence-electron chi connectivity index (χ3n) is 5.12. The Morgan fingerprint density at radius 2 is 1.86 bits per heavy atom. The van der Waals surface area contributed by atoms with E-state index in [0.29, 0.717) is 18.7 Å². The minimum atomic E-state index is -0.0369. The van der Waals surface area contributed by atoms with Crippen LogP contribution in [0.25, 0.3) is 11.1 Å². The summed E-state index contributed by atoms with van der Waals surface area (Å²) in [5, 5.41) is 5.11. The van der Waals surface area contributed by atoms with Crippen LogP contribution in [-0.4, -0.2) is 35.8 Å². The molecule has 0 atom stereocenters. The van der Waals surface area contributed by atoms with Crippen LogP contribution in [0.1, 0.15) is 38.4 Å². The monoisotopic (exact) mass is 394 g/mol. The molecule has 3 aromatic rings. The number of hydrogen-bond acceptors (Lipinski definition) is 4. The molecule has 5 nitrogen and oxygen atoms in total. The van der Waals surface area contributed by atoms with Crippen LogP contribution in [-0.2, 0) is 0 Å². The van der Waals surface area contributed by atoms with Crippen LogP contribution in [0.3, 0.4) is 0 Å². The van der Waals surface area contributed by atoms with E-state index in [9.17, 15) is 9.59 Å². The van der Waals surface area contributed by atoms with Gasteiger partial charge in [0.25, 0.3) is 11.8 Å². The molecule has 0 bridgehead atoms. The predicted octanol–water partition coefficient (Wildman–Crippen LogP) is 4.35. The van der Waals surface area contributed by atoms with E-state index >= 15 is 0 Å². The summed E-state index contributed by atoms with van der Waals surface area (Å²) in [6.45, 7) is 3.31. The fourth-order valence-corrected chi connectivity index (χ4v) is 4.31. The van der Waals surface area contributed by atoms with Gasteiger partial charge in [-0.25, -0.2) is 0 Å². The number of rotatable bonds is 4. The SMILES string of the molecule is Cc1ccc(-c2ccsc2C(=O)NC2CCN(C(=O)c3ccoc3)CC2)cc1. The molecule has 0 spiro atoms. The summed E-state index contributed by atoms with van der Waals surface area (Å²) in [4.78, 5) is 27.8. The standard InChI is InChI=1S/C22H22N2O3S/c1-15-2-4-16(5-3-15)19-9-13-28-20(19)21(25)23-18-6-10-24(11-7-18)22(26)17-8-12-27-14-17/h2-5,8-9,12-14,18H,6-7,10-11H2,1H3,(H,23,25). The second kappa shape index (κ2) is 8.02. The van der Waals surface area contributed by atoms with Gasteiger partial charge in [0.05, 0.1) is 16.7 Å². The summed E-state index contributed by atoms with van der Waals surface area (Å²) in [5.41, 5.74) is 3.79. The van der Waals surface area contributed by atoms with Gasteiger partial charge in [-0.15, -0.1) is 11.3 Å². The molecular weight excluding hydrogens is 372 g/mol. The van der Waals surface area contributed by atoms with E-state index in [1.807, 2.05) is 28.5 Å². The summed E-state index contributed by atoms with van der Waals surface area (Å²) in [7, 11) is 0. The van der Waals surface area contributed by atoms with Crippen molar-refractivity contribution in [1.82, 2.24) is 10.2 Å². The van der Waals surface area contributed by atoms with Gasteiger partial charge < -0.3 is 14.6 Å². The summed E-state index contributed by atoms with van der Waals surface area (Å²) in [5.74, 6) is -0.0522. The third-order valence-corrected chi connectivity index (χ3v) is 6.03. The highest BCUT2D eigenvalue weighted by Gasteiger charge is 2.26. The number of carbonyl (C=O) groups is 2. The molecule has 1 N–H and O–H groups in total. The number of furan rings is 1. The maximum absolute atomic E-state index is 12.8. The zero-order valence-corrected chi connectivity index (χ0v) is 16.5. The molecule has 6 heteroatoms. The van der Waals surface area contributed by atoms with E-state index in [1.54, 1.807) is 6.07 Å². The van der Waals surface area contributed by atoms with Crippen molar-refractivity contribution in [2.24, 2.45) is 0 Å². The summed E-state index contributed by atoms with van der Waals surface area (Å²) in [6.07, 6.45) is 4.48. The zero-order chi connectivity index (χ0) is 19.5. The van der Waals surface area contributed by atoms with E-state index in [4.69, 9.17) is 4.42 Å². The van der Waals surface area contributed by atoms with Crippen molar-refractivity contribution in [1.29, 1.82) is 0 Å². The topological polar surface area (TPSA) is 62.6 Å². The van der Waals surface area contributed by atoms with Gasteiger partial charge in [0.2, 0.25) is 0 Å². The van der Waals surface area contributed by atoms with E-state index < -0.39 is 0 Å². The zero-order valence-electron chi connectivity index (χ0n) is 15.7. The van der Waals surface area contributed by atoms with Gasteiger partial charge in [0, 0.05) is 24.7 Å². The maximum Gasteiger partial charge on any atom is 0.262 e. The normalized spacial score (nSPS) is 14.8. The number of nitrogens with one attached hydrogen (secondary N) is 1. The minimum absolute atomic E-state index is 0.0153. The lowest BCUT2D eigenvalue weighted by Gasteiger charge is -2.32. The lowest BCUT2D eigenvalue weighted by atomic mass is 10.0. The molecule has 2 aromatic heterocycles. The maximum atomic E-state index is 12.8. The average Bonchev–Trinajstić information content (AvgIpc) is 3.41. The largest absolute Gasteiger partial charge is 0.472 e.